The van der Waals surface area contributed by atoms with Crippen LogP contribution in [0.1, 0.15) is 24.5 Å². The first-order valence-electron chi connectivity index (χ1n) is 9.82. The van der Waals surface area contributed by atoms with Gasteiger partial charge in [-0.15, -0.1) is 0 Å². The average molecular weight is 398 g/mol. The molecule has 3 aromatic carbocycles. The summed E-state index contributed by atoms with van der Waals surface area (Å²) in [7, 11) is 0. The molecule has 2 aliphatic rings. The minimum atomic E-state index is -0.468. The Morgan fingerprint density at radius 1 is 0.700 bits per heavy atom. The molecule has 5 heteroatoms. The maximum Gasteiger partial charge on any atom is 0.345 e. The summed E-state index contributed by atoms with van der Waals surface area (Å²) in [6, 6.07) is 20.3. The van der Waals surface area contributed by atoms with Crippen LogP contribution in [0.4, 0.5) is 0 Å². The van der Waals surface area contributed by atoms with Crippen molar-refractivity contribution in [1.82, 2.24) is 0 Å². The van der Waals surface area contributed by atoms with Crippen LogP contribution in [0, 0.1) is 0 Å². The molecule has 148 valence electrons. The molecule has 0 amide bonds. The molecule has 0 fully saturated rings. The molecular weight excluding hydrogens is 380 g/mol. The predicted octanol–water partition coefficient (Wildman–Crippen LogP) is 2.71. The molecule has 0 saturated heterocycles. The molecule has 5 rings (SSSR count). The molecular formula is C25H18O5. The van der Waals surface area contributed by atoms with Gasteiger partial charge in [-0.05, 0) is 41.8 Å². The van der Waals surface area contributed by atoms with E-state index in [9.17, 15) is 9.59 Å². The van der Waals surface area contributed by atoms with Crippen LogP contribution >= 0.6 is 0 Å². The Morgan fingerprint density at radius 3 is 1.77 bits per heavy atom. The molecule has 2 aliphatic heterocycles. The van der Waals surface area contributed by atoms with Gasteiger partial charge in [-0.3, -0.25) is 0 Å². The van der Waals surface area contributed by atoms with Gasteiger partial charge in [0, 0.05) is 10.4 Å². The van der Waals surface area contributed by atoms with Crippen LogP contribution < -0.4 is 24.6 Å². The minimum absolute atomic E-state index is 0.290. The first-order valence-corrected chi connectivity index (χ1v) is 9.82. The summed E-state index contributed by atoms with van der Waals surface area (Å²) in [6.07, 6.45) is 0.921. The SMILES string of the molecule is CCCOc1ccc(C2=c3ccc4c(c3OC2=O)OC(=O)C=4c2ccccc2)cc1. The topological polar surface area (TPSA) is 61.8 Å². The Labute approximate surface area is 172 Å². The van der Waals surface area contributed by atoms with E-state index >= 15 is 0 Å². The molecule has 0 bridgehead atoms. The van der Waals surface area contributed by atoms with Crippen molar-refractivity contribution in [2.24, 2.45) is 0 Å². The largest absolute Gasteiger partial charge is 0.494 e. The molecule has 0 radical (unpaired) electrons. The summed E-state index contributed by atoms with van der Waals surface area (Å²) in [5.41, 5.74) is 2.39. The fraction of sp³-hybridized carbons (Fsp3) is 0.120. The molecule has 5 nitrogen and oxygen atoms in total. The van der Waals surface area contributed by atoms with E-state index in [0.29, 0.717) is 33.9 Å². The lowest BCUT2D eigenvalue weighted by Gasteiger charge is -2.05. The summed E-state index contributed by atoms with van der Waals surface area (Å²) in [5.74, 6) is 0.412. The van der Waals surface area contributed by atoms with Crippen molar-refractivity contribution in [3.8, 4) is 17.2 Å². The summed E-state index contributed by atoms with van der Waals surface area (Å²) >= 11 is 0. The highest BCUT2D eigenvalue weighted by atomic mass is 16.6. The first kappa shape index (κ1) is 18.2. The Balaban J connectivity index is 1.65. The Morgan fingerprint density at radius 2 is 1.23 bits per heavy atom. The van der Waals surface area contributed by atoms with Crippen LogP contribution in [0.25, 0.3) is 11.1 Å². The van der Waals surface area contributed by atoms with Crippen LogP contribution in [0.2, 0.25) is 0 Å². The highest BCUT2D eigenvalue weighted by Crippen LogP contribution is 2.32. The van der Waals surface area contributed by atoms with Crippen molar-refractivity contribution in [3.63, 3.8) is 0 Å². The van der Waals surface area contributed by atoms with E-state index in [1.807, 2.05) is 67.6 Å². The zero-order valence-corrected chi connectivity index (χ0v) is 16.3. The van der Waals surface area contributed by atoms with Crippen molar-refractivity contribution in [1.29, 1.82) is 0 Å². The summed E-state index contributed by atoms with van der Waals surface area (Å²) < 4.78 is 16.7. The third-order valence-corrected chi connectivity index (χ3v) is 5.13. The number of carbonyl (C=O) groups excluding carboxylic acids is 2. The van der Waals surface area contributed by atoms with Crippen LogP contribution in [0.3, 0.4) is 0 Å². The second kappa shape index (κ2) is 7.19. The lowest BCUT2D eigenvalue weighted by Crippen LogP contribution is -2.11. The van der Waals surface area contributed by atoms with E-state index in [1.165, 1.54) is 0 Å². The fourth-order valence-electron chi connectivity index (χ4n) is 3.76. The van der Waals surface area contributed by atoms with Gasteiger partial charge >= 0.3 is 11.9 Å². The summed E-state index contributed by atoms with van der Waals surface area (Å²) in [6.45, 7) is 2.68. The summed E-state index contributed by atoms with van der Waals surface area (Å²) in [5, 5.41) is 1.24. The maximum absolute atomic E-state index is 12.7. The molecule has 0 saturated carbocycles. The molecule has 30 heavy (non-hydrogen) atoms. The van der Waals surface area contributed by atoms with Crippen molar-refractivity contribution in [2.45, 2.75) is 13.3 Å². The minimum Gasteiger partial charge on any atom is -0.494 e. The van der Waals surface area contributed by atoms with Crippen LogP contribution in [0.5, 0.6) is 17.2 Å². The fourth-order valence-corrected chi connectivity index (χ4v) is 3.76. The van der Waals surface area contributed by atoms with Gasteiger partial charge in [-0.2, -0.15) is 0 Å². The molecule has 3 aromatic rings. The number of fused-ring (bicyclic) bond motifs is 3. The van der Waals surface area contributed by atoms with E-state index in [-0.39, 0.29) is 5.75 Å². The standard InChI is InChI=1S/C25H18O5/c1-2-14-28-17-10-8-16(9-11-17)21-19-13-12-18-20(15-6-4-3-5-7-15)24(26)29-22(18)23(19)30-25(21)27/h3-13H,2,14H2,1H3. The Hall–Kier alpha value is -3.86. The van der Waals surface area contributed by atoms with E-state index < -0.39 is 11.9 Å². The molecule has 2 heterocycles. The quantitative estimate of drug-likeness (QED) is 0.489. The van der Waals surface area contributed by atoms with Gasteiger partial charge in [0.25, 0.3) is 0 Å². The van der Waals surface area contributed by atoms with E-state index in [1.54, 1.807) is 6.07 Å². The molecule has 0 spiro atoms. The van der Waals surface area contributed by atoms with Gasteiger partial charge in [-0.1, -0.05) is 49.4 Å². The van der Waals surface area contributed by atoms with Crippen molar-refractivity contribution in [3.05, 3.63) is 88.3 Å². The number of ether oxygens (including phenoxy) is 3. The molecule has 0 atom stereocenters. The van der Waals surface area contributed by atoms with Crippen LogP contribution in [0.15, 0.2) is 66.7 Å². The predicted molar refractivity (Wildman–Crippen MR) is 111 cm³/mol. The van der Waals surface area contributed by atoms with Crippen molar-refractivity contribution in [2.75, 3.05) is 6.61 Å². The van der Waals surface area contributed by atoms with Crippen LogP contribution in [-0.4, -0.2) is 18.5 Å². The molecule has 0 aromatic heterocycles. The highest BCUT2D eigenvalue weighted by Gasteiger charge is 2.33. The smallest absolute Gasteiger partial charge is 0.345 e. The lowest BCUT2D eigenvalue weighted by atomic mass is 10.0. The number of rotatable bonds is 5. The monoisotopic (exact) mass is 398 g/mol. The normalized spacial score (nSPS) is 14.3. The second-order valence-electron chi connectivity index (χ2n) is 7.09. The lowest BCUT2D eigenvalue weighted by molar-refractivity contribution is -0.129. The van der Waals surface area contributed by atoms with Gasteiger partial charge in [0.05, 0.1) is 17.8 Å². The van der Waals surface area contributed by atoms with Gasteiger partial charge in [-0.25, -0.2) is 9.59 Å². The molecule has 0 unspecified atom stereocenters. The van der Waals surface area contributed by atoms with E-state index in [0.717, 1.165) is 23.3 Å². The number of benzene rings is 3. The first-order chi connectivity index (χ1) is 14.7. The maximum atomic E-state index is 12.7. The molecule has 0 aliphatic carbocycles. The van der Waals surface area contributed by atoms with Crippen LogP contribution in [-0.2, 0) is 9.59 Å². The van der Waals surface area contributed by atoms with E-state index in [2.05, 4.69) is 0 Å². The summed E-state index contributed by atoms with van der Waals surface area (Å²) in [4.78, 5) is 25.3. The Kier molecular flexibility index (Phi) is 4.36. The van der Waals surface area contributed by atoms with Gasteiger partial charge in [0.2, 0.25) is 0 Å². The molecule has 0 N–H and O–H groups in total. The van der Waals surface area contributed by atoms with Crippen molar-refractivity contribution < 1.29 is 23.8 Å². The number of hydrogen-bond acceptors (Lipinski definition) is 5. The number of esters is 2. The number of carbonyl (C=O) groups is 2. The highest BCUT2D eigenvalue weighted by molar-refractivity contribution is 6.22. The third kappa shape index (κ3) is 2.87. The van der Waals surface area contributed by atoms with E-state index in [4.69, 9.17) is 14.2 Å². The Bertz CT molecular complexity index is 1290. The second-order valence-corrected chi connectivity index (χ2v) is 7.09. The van der Waals surface area contributed by atoms with Gasteiger partial charge in [0.1, 0.15) is 5.75 Å². The zero-order valence-electron chi connectivity index (χ0n) is 16.3. The number of hydrogen-bond donors (Lipinski definition) is 0. The van der Waals surface area contributed by atoms with Gasteiger partial charge < -0.3 is 14.2 Å². The van der Waals surface area contributed by atoms with Gasteiger partial charge in [0.15, 0.2) is 11.5 Å². The average Bonchev–Trinajstić information content (AvgIpc) is 3.29. The van der Waals surface area contributed by atoms with Crippen molar-refractivity contribution >= 4 is 23.1 Å². The zero-order chi connectivity index (χ0) is 20.7. The third-order valence-electron chi connectivity index (χ3n) is 5.13.